The van der Waals surface area contributed by atoms with Crippen molar-refractivity contribution in [1.82, 2.24) is 5.32 Å². The first kappa shape index (κ1) is 15.3. The van der Waals surface area contributed by atoms with Crippen LogP contribution in [0, 0.1) is 17.3 Å². The van der Waals surface area contributed by atoms with Gasteiger partial charge in [-0.2, -0.15) is 0 Å². The van der Waals surface area contributed by atoms with Crippen molar-refractivity contribution >= 4 is 5.91 Å². The van der Waals surface area contributed by atoms with Gasteiger partial charge in [0.1, 0.15) is 0 Å². The number of ether oxygens (including phenoxy) is 1. The summed E-state index contributed by atoms with van der Waals surface area (Å²) in [6, 6.07) is 0.385. The maximum atomic E-state index is 12.4. The van der Waals surface area contributed by atoms with E-state index in [4.69, 9.17) is 4.74 Å². The van der Waals surface area contributed by atoms with E-state index < -0.39 is 0 Å². The Morgan fingerprint density at radius 1 is 1.24 bits per heavy atom. The fraction of sp³-hybridized carbons (Fsp3) is 0.944. The van der Waals surface area contributed by atoms with E-state index in [2.05, 4.69) is 19.2 Å². The van der Waals surface area contributed by atoms with Crippen molar-refractivity contribution in [2.75, 3.05) is 6.61 Å². The Morgan fingerprint density at radius 3 is 2.67 bits per heavy atom. The first-order valence-corrected chi connectivity index (χ1v) is 9.05. The van der Waals surface area contributed by atoms with Crippen molar-refractivity contribution < 1.29 is 9.53 Å². The number of carbonyl (C=O) groups excluding carboxylic acids is 1. The van der Waals surface area contributed by atoms with E-state index in [-0.39, 0.29) is 0 Å². The molecule has 3 fully saturated rings. The van der Waals surface area contributed by atoms with Crippen molar-refractivity contribution in [2.45, 2.75) is 83.8 Å². The van der Waals surface area contributed by atoms with E-state index in [1.807, 2.05) is 0 Å². The molecular formula is C18H31NO2. The molecule has 0 heterocycles. The maximum absolute atomic E-state index is 12.4. The molecule has 1 spiro atoms. The average molecular weight is 293 g/mol. The van der Waals surface area contributed by atoms with Crippen LogP contribution in [0.25, 0.3) is 0 Å². The lowest BCUT2D eigenvalue weighted by atomic mass is 9.51. The van der Waals surface area contributed by atoms with Gasteiger partial charge in [-0.05, 0) is 50.9 Å². The lowest BCUT2D eigenvalue weighted by Crippen LogP contribution is -2.67. The van der Waals surface area contributed by atoms with E-state index >= 15 is 0 Å². The fourth-order valence-electron chi connectivity index (χ4n) is 4.90. The molecular weight excluding hydrogens is 262 g/mol. The molecule has 1 amide bonds. The quantitative estimate of drug-likeness (QED) is 0.840. The number of hydrogen-bond donors (Lipinski definition) is 1. The molecule has 21 heavy (non-hydrogen) atoms. The second-order valence-electron chi connectivity index (χ2n) is 7.73. The van der Waals surface area contributed by atoms with Gasteiger partial charge in [-0.1, -0.05) is 26.2 Å². The Bertz CT molecular complexity index is 377. The van der Waals surface area contributed by atoms with Crippen LogP contribution < -0.4 is 5.32 Å². The van der Waals surface area contributed by atoms with Gasteiger partial charge in [0.05, 0.1) is 6.10 Å². The summed E-state index contributed by atoms with van der Waals surface area (Å²) in [5.74, 6) is 1.72. The van der Waals surface area contributed by atoms with Crippen LogP contribution in [0.1, 0.15) is 71.6 Å². The zero-order valence-corrected chi connectivity index (χ0v) is 13.7. The number of hydrogen-bond acceptors (Lipinski definition) is 2. The Kier molecular flexibility index (Phi) is 4.58. The molecule has 4 atom stereocenters. The SMILES string of the molecule is CCOC1CC(NC(=O)CC2CCCC(C)C2)C12CCC2. The first-order chi connectivity index (χ1) is 10.1. The Morgan fingerprint density at radius 2 is 2.05 bits per heavy atom. The van der Waals surface area contributed by atoms with Gasteiger partial charge in [-0.25, -0.2) is 0 Å². The highest BCUT2D eigenvalue weighted by atomic mass is 16.5. The summed E-state index contributed by atoms with van der Waals surface area (Å²) in [6.45, 7) is 5.20. The molecule has 3 nitrogen and oxygen atoms in total. The van der Waals surface area contributed by atoms with Crippen LogP contribution in [0.4, 0.5) is 0 Å². The van der Waals surface area contributed by atoms with Crippen LogP contribution in [0.2, 0.25) is 0 Å². The number of rotatable bonds is 5. The van der Waals surface area contributed by atoms with Gasteiger partial charge in [0.25, 0.3) is 0 Å². The number of carbonyl (C=O) groups is 1. The maximum Gasteiger partial charge on any atom is 0.220 e. The zero-order chi connectivity index (χ0) is 14.9. The van der Waals surface area contributed by atoms with E-state index in [0.29, 0.717) is 29.4 Å². The van der Waals surface area contributed by atoms with E-state index in [9.17, 15) is 4.79 Å². The molecule has 3 aliphatic rings. The minimum Gasteiger partial charge on any atom is -0.378 e. The van der Waals surface area contributed by atoms with Crippen LogP contribution in [0.5, 0.6) is 0 Å². The highest BCUT2D eigenvalue weighted by molar-refractivity contribution is 5.76. The molecule has 3 saturated carbocycles. The largest absolute Gasteiger partial charge is 0.378 e. The molecule has 0 aliphatic heterocycles. The minimum absolute atomic E-state index is 0.292. The standard InChI is InChI=1S/C18H31NO2/c1-3-21-16-12-15(18(16)8-5-9-18)19-17(20)11-14-7-4-6-13(2)10-14/h13-16H,3-12H2,1-2H3,(H,19,20). The van der Waals surface area contributed by atoms with Crippen molar-refractivity contribution in [3.63, 3.8) is 0 Å². The Balaban J connectivity index is 1.47. The lowest BCUT2D eigenvalue weighted by Gasteiger charge is -2.61. The van der Waals surface area contributed by atoms with E-state index in [1.165, 1.54) is 44.9 Å². The number of amides is 1. The van der Waals surface area contributed by atoms with Gasteiger partial charge in [0.2, 0.25) is 5.91 Å². The molecule has 0 radical (unpaired) electrons. The molecule has 3 heteroatoms. The molecule has 0 aromatic carbocycles. The van der Waals surface area contributed by atoms with Gasteiger partial charge in [-0.3, -0.25) is 4.79 Å². The third-order valence-electron chi connectivity index (χ3n) is 6.29. The summed E-state index contributed by atoms with van der Waals surface area (Å²) < 4.78 is 5.86. The van der Waals surface area contributed by atoms with Gasteiger partial charge in [0, 0.05) is 24.5 Å². The molecule has 3 rings (SSSR count). The van der Waals surface area contributed by atoms with Gasteiger partial charge < -0.3 is 10.1 Å². The van der Waals surface area contributed by atoms with Gasteiger partial charge in [-0.15, -0.1) is 0 Å². The summed E-state index contributed by atoms with van der Waals surface area (Å²) in [6.07, 6.45) is 11.1. The molecule has 1 N–H and O–H groups in total. The predicted octanol–water partition coefficient (Wildman–Crippen LogP) is 3.67. The van der Waals surface area contributed by atoms with Crippen molar-refractivity contribution in [3.05, 3.63) is 0 Å². The summed E-state index contributed by atoms with van der Waals surface area (Å²) in [5.41, 5.74) is 0.297. The topological polar surface area (TPSA) is 38.3 Å². The summed E-state index contributed by atoms with van der Waals surface area (Å²) >= 11 is 0. The van der Waals surface area contributed by atoms with Crippen LogP contribution in [0.3, 0.4) is 0 Å². The van der Waals surface area contributed by atoms with Crippen LogP contribution >= 0.6 is 0 Å². The van der Waals surface area contributed by atoms with Crippen LogP contribution in [0.15, 0.2) is 0 Å². The van der Waals surface area contributed by atoms with Crippen molar-refractivity contribution in [3.8, 4) is 0 Å². The van der Waals surface area contributed by atoms with Crippen LogP contribution in [-0.4, -0.2) is 24.7 Å². The van der Waals surface area contributed by atoms with Crippen molar-refractivity contribution in [1.29, 1.82) is 0 Å². The third-order valence-corrected chi connectivity index (χ3v) is 6.29. The van der Waals surface area contributed by atoms with Crippen molar-refractivity contribution in [2.24, 2.45) is 17.3 Å². The summed E-state index contributed by atoms with van der Waals surface area (Å²) in [4.78, 5) is 12.4. The molecule has 0 aromatic heterocycles. The zero-order valence-electron chi connectivity index (χ0n) is 13.7. The Hall–Kier alpha value is -0.570. The second kappa shape index (κ2) is 6.28. The van der Waals surface area contributed by atoms with Gasteiger partial charge >= 0.3 is 0 Å². The molecule has 0 bridgehead atoms. The molecule has 3 aliphatic carbocycles. The molecule has 0 saturated heterocycles. The highest BCUT2D eigenvalue weighted by Crippen LogP contribution is 2.57. The van der Waals surface area contributed by atoms with E-state index in [1.54, 1.807) is 0 Å². The summed E-state index contributed by atoms with van der Waals surface area (Å²) in [7, 11) is 0. The Labute approximate surface area is 129 Å². The minimum atomic E-state index is 0.292. The summed E-state index contributed by atoms with van der Waals surface area (Å²) in [5, 5.41) is 3.34. The average Bonchev–Trinajstić information content (AvgIpc) is 2.35. The van der Waals surface area contributed by atoms with Gasteiger partial charge in [0.15, 0.2) is 0 Å². The smallest absolute Gasteiger partial charge is 0.220 e. The molecule has 4 unspecified atom stereocenters. The predicted molar refractivity (Wildman–Crippen MR) is 84.0 cm³/mol. The van der Waals surface area contributed by atoms with E-state index in [0.717, 1.165) is 25.4 Å². The third kappa shape index (κ3) is 2.99. The molecule has 0 aromatic rings. The fourth-order valence-corrected chi connectivity index (χ4v) is 4.90. The highest BCUT2D eigenvalue weighted by Gasteiger charge is 2.59. The molecule has 120 valence electrons. The van der Waals surface area contributed by atoms with Crippen LogP contribution in [-0.2, 0) is 9.53 Å². The number of nitrogens with one attached hydrogen (secondary N) is 1. The lowest BCUT2D eigenvalue weighted by molar-refractivity contribution is -0.176. The first-order valence-electron chi connectivity index (χ1n) is 9.05. The normalized spacial score (nSPS) is 37.6. The second-order valence-corrected chi connectivity index (χ2v) is 7.73. The monoisotopic (exact) mass is 293 g/mol.